The van der Waals surface area contributed by atoms with E-state index in [4.69, 9.17) is 11.6 Å². The second-order valence-electron chi connectivity index (χ2n) is 6.18. The Morgan fingerprint density at radius 2 is 2.00 bits per heavy atom. The van der Waals surface area contributed by atoms with Crippen LogP contribution < -0.4 is 5.32 Å². The van der Waals surface area contributed by atoms with Crippen LogP contribution in [0.5, 0.6) is 0 Å². The summed E-state index contributed by atoms with van der Waals surface area (Å²) in [6, 6.07) is 5.06. The zero-order chi connectivity index (χ0) is 14.5. The smallest absolute Gasteiger partial charge is 0.142 e. The topological polar surface area (TPSA) is 12.0 Å². The Morgan fingerprint density at radius 3 is 2.58 bits per heavy atom. The van der Waals surface area contributed by atoms with Gasteiger partial charge in [0.1, 0.15) is 5.82 Å². The van der Waals surface area contributed by atoms with Crippen molar-refractivity contribution in [2.45, 2.75) is 40.5 Å². The second-order valence-corrected chi connectivity index (χ2v) is 6.56. The SMILES string of the molecule is CCCNCC(Cc1cccc(F)c1Cl)C(C)(C)C. The third-order valence-electron chi connectivity index (χ3n) is 3.54. The second kappa shape index (κ2) is 7.25. The van der Waals surface area contributed by atoms with E-state index in [1.54, 1.807) is 6.07 Å². The van der Waals surface area contributed by atoms with Crippen molar-refractivity contribution in [2.24, 2.45) is 11.3 Å². The van der Waals surface area contributed by atoms with Gasteiger partial charge in [-0.05, 0) is 48.9 Å². The van der Waals surface area contributed by atoms with Gasteiger partial charge in [0.25, 0.3) is 0 Å². The molecule has 1 unspecified atom stereocenters. The quantitative estimate of drug-likeness (QED) is 0.748. The highest BCUT2D eigenvalue weighted by Gasteiger charge is 2.25. The number of hydrogen-bond donors (Lipinski definition) is 1. The number of benzene rings is 1. The predicted molar refractivity (Wildman–Crippen MR) is 81.2 cm³/mol. The maximum absolute atomic E-state index is 13.5. The van der Waals surface area contributed by atoms with E-state index in [1.807, 2.05) is 6.07 Å². The van der Waals surface area contributed by atoms with E-state index in [0.29, 0.717) is 5.92 Å². The lowest BCUT2D eigenvalue weighted by Gasteiger charge is -2.31. The van der Waals surface area contributed by atoms with Gasteiger partial charge in [-0.25, -0.2) is 4.39 Å². The van der Waals surface area contributed by atoms with Gasteiger partial charge >= 0.3 is 0 Å². The summed E-state index contributed by atoms with van der Waals surface area (Å²) in [5.41, 5.74) is 1.07. The lowest BCUT2D eigenvalue weighted by atomic mass is 9.77. The van der Waals surface area contributed by atoms with E-state index >= 15 is 0 Å². The molecular weight excluding hydrogens is 261 g/mol. The Kier molecular flexibility index (Phi) is 6.28. The van der Waals surface area contributed by atoms with E-state index in [9.17, 15) is 4.39 Å². The van der Waals surface area contributed by atoms with Crippen molar-refractivity contribution in [1.82, 2.24) is 5.32 Å². The molecule has 1 aromatic carbocycles. The molecule has 1 atom stereocenters. The Balaban J connectivity index is 2.79. The highest BCUT2D eigenvalue weighted by Crippen LogP contribution is 2.31. The highest BCUT2D eigenvalue weighted by molar-refractivity contribution is 6.31. The molecule has 0 saturated carbocycles. The van der Waals surface area contributed by atoms with Crippen LogP contribution in [0.1, 0.15) is 39.7 Å². The largest absolute Gasteiger partial charge is 0.316 e. The molecule has 0 saturated heterocycles. The molecular formula is C16H25ClFN. The van der Waals surface area contributed by atoms with E-state index < -0.39 is 0 Å². The summed E-state index contributed by atoms with van der Waals surface area (Å²) >= 11 is 6.05. The van der Waals surface area contributed by atoms with Gasteiger partial charge in [0.2, 0.25) is 0 Å². The highest BCUT2D eigenvalue weighted by atomic mass is 35.5. The van der Waals surface area contributed by atoms with Gasteiger partial charge < -0.3 is 5.32 Å². The van der Waals surface area contributed by atoms with Crippen molar-refractivity contribution < 1.29 is 4.39 Å². The van der Waals surface area contributed by atoms with Crippen LogP contribution in [-0.2, 0) is 6.42 Å². The number of halogens is 2. The maximum Gasteiger partial charge on any atom is 0.142 e. The molecule has 0 heterocycles. The molecule has 1 aromatic rings. The number of nitrogens with one attached hydrogen (secondary N) is 1. The third kappa shape index (κ3) is 5.12. The molecule has 0 fully saturated rings. The Morgan fingerprint density at radius 1 is 1.32 bits per heavy atom. The van der Waals surface area contributed by atoms with Crippen molar-refractivity contribution in [2.75, 3.05) is 13.1 Å². The summed E-state index contributed by atoms with van der Waals surface area (Å²) < 4.78 is 13.5. The average molecular weight is 286 g/mol. The first-order valence-corrected chi connectivity index (χ1v) is 7.37. The molecule has 0 aliphatic carbocycles. The van der Waals surface area contributed by atoms with Crippen LogP contribution >= 0.6 is 11.6 Å². The summed E-state index contributed by atoms with van der Waals surface area (Å²) in [4.78, 5) is 0. The summed E-state index contributed by atoms with van der Waals surface area (Å²) in [5.74, 6) is 0.103. The first-order chi connectivity index (χ1) is 8.86. The zero-order valence-electron chi connectivity index (χ0n) is 12.4. The normalized spacial score (nSPS) is 13.6. The molecule has 1 N–H and O–H groups in total. The lowest BCUT2D eigenvalue weighted by Crippen LogP contribution is -2.33. The van der Waals surface area contributed by atoms with Gasteiger partial charge in [-0.1, -0.05) is 51.4 Å². The summed E-state index contributed by atoms with van der Waals surface area (Å²) in [6.45, 7) is 10.8. The van der Waals surface area contributed by atoms with Gasteiger partial charge in [-0.2, -0.15) is 0 Å². The first-order valence-electron chi connectivity index (χ1n) is 6.99. The minimum Gasteiger partial charge on any atom is -0.316 e. The van der Waals surface area contributed by atoms with Gasteiger partial charge in [-0.15, -0.1) is 0 Å². The lowest BCUT2D eigenvalue weighted by molar-refractivity contribution is 0.231. The van der Waals surface area contributed by atoms with E-state index in [-0.39, 0.29) is 16.3 Å². The van der Waals surface area contributed by atoms with Gasteiger partial charge in [0.15, 0.2) is 0 Å². The minimum absolute atomic E-state index is 0.163. The van der Waals surface area contributed by atoms with Crippen molar-refractivity contribution in [3.05, 3.63) is 34.6 Å². The number of rotatable bonds is 6. The van der Waals surface area contributed by atoms with E-state index in [2.05, 4.69) is 33.0 Å². The van der Waals surface area contributed by atoms with Crippen LogP contribution in [-0.4, -0.2) is 13.1 Å². The maximum atomic E-state index is 13.5. The van der Waals surface area contributed by atoms with Gasteiger partial charge in [0, 0.05) is 0 Å². The monoisotopic (exact) mass is 285 g/mol. The molecule has 19 heavy (non-hydrogen) atoms. The molecule has 0 spiro atoms. The van der Waals surface area contributed by atoms with E-state index in [1.165, 1.54) is 6.07 Å². The van der Waals surface area contributed by atoms with Crippen LogP contribution in [0.3, 0.4) is 0 Å². The molecule has 0 amide bonds. The summed E-state index contributed by atoms with van der Waals surface area (Å²) in [6.07, 6.45) is 1.92. The van der Waals surface area contributed by atoms with Gasteiger partial charge in [0.05, 0.1) is 5.02 Å². The fraction of sp³-hybridized carbons (Fsp3) is 0.625. The van der Waals surface area contributed by atoms with Crippen molar-refractivity contribution in [3.63, 3.8) is 0 Å². The Bertz CT molecular complexity index is 398. The zero-order valence-corrected chi connectivity index (χ0v) is 13.1. The molecule has 0 aliphatic rings. The Labute approximate surface area is 121 Å². The molecule has 0 radical (unpaired) electrons. The predicted octanol–water partition coefficient (Wildman–Crippen LogP) is 4.68. The fourth-order valence-corrected chi connectivity index (χ4v) is 2.31. The fourth-order valence-electron chi connectivity index (χ4n) is 2.11. The van der Waals surface area contributed by atoms with E-state index in [0.717, 1.165) is 31.5 Å². The minimum atomic E-state index is -0.326. The van der Waals surface area contributed by atoms with Crippen molar-refractivity contribution >= 4 is 11.6 Å². The Hall–Kier alpha value is -0.600. The van der Waals surface area contributed by atoms with Crippen molar-refractivity contribution in [3.8, 4) is 0 Å². The molecule has 0 bridgehead atoms. The van der Waals surface area contributed by atoms with Crippen LogP contribution in [0.2, 0.25) is 5.02 Å². The third-order valence-corrected chi connectivity index (χ3v) is 3.96. The van der Waals surface area contributed by atoms with Crippen LogP contribution in [0.25, 0.3) is 0 Å². The molecule has 0 aliphatic heterocycles. The van der Waals surface area contributed by atoms with Crippen LogP contribution in [0.15, 0.2) is 18.2 Å². The van der Waals surface area contributed by atoms with Crippen LogP contribution in [0, 0.1) is 17.2 Å². The molecule has 0 aromatic heterocycles. The van der Waals surface area contributed by atoms with Crippen molar-refractivity contribution in [1.29, 1.82) is 0 Å². The first kappa shape index (κ1) is 16.5. The van der Waals surface area contributed by atoms with Crippen LogP contribution in [0.4, 0.5) is 4.39 Å². The molecule has 108 valence electrons. The molecule has 1 rings (SSSR count). The number of hydrogen-bond acceptors (Lipinski definition) is 1. The molecule has 1 nitrogen and oxygen atoms in total. The average Bonchev–Trinajstić information content (AvgIpc) is 2.32. The summed E-state index contributed by atoms with van der Waals surface area (Å²) in [5, 5.41) is 3.73. The molecule has 3 heteroatoms. The van der Waals surface area contributed by atoms with Gasteiger partial charge in [-0.3, -0.25) is 0 Å². The summed E-state index contributed by atoms with van der Waals surface area (Å²) in [7, 11) is 0. The standard InChI is InChI=1S/C16H25ClFN/c1-5-9-19-11-13(16(2,3)4)10-12-7-6-8-14(18)15(12)17/h6-8,13,19H,5,9-11H2,1-4H3.